The maximum Gasteiger partial charge on any atom is 0.134 e. The molecule has 0 bridgehead atoms. The van der Waals surface area contributed by atoms with Crippen molar-refractivity contribution < 1.29 is 5.11 Å². The van der Waals surface area contributed by atoms with Crippen LogP contribution in [0.15, 0.2) is 12.4 Å². The molecule has 0 spiro atoms. The van der Waals surface area contributed by atoms with E-state index in [0.717, 1.165) is 69.5 Å². The van der Waals surface area contributed by atoms with E-state index in [-0.39, 0.29) is 6.61 Å². The van der Waals surface area contributed by atoms with Crippen molar-refractivity contribution in [3.8, 4) is 0 Å². The second-order valence-corrected chi connectivity index (χ2v) is 7.70. The molecule has 1 atom stereocenters. The normalized spacial score (nSPS) is 22.6. The summed E-state index contributed by atoms with van der Waals surface area (Å²) in [6.45, 7) is 7.88. The first kappa shape index (κ1) is 18.4. The van der Waals surface area contributed by atoms with Crippen LogP contribution in [0.2, 0.25) is 0 Å². The fraction of sp³-hybridized carbons (Fsp3) is 0.789. The molecule has 3 heterocycles. The minimum Gasteiger partial charge on any atom is -0.396 e. The number of nitrogens with zero attached hydrogens (tertiary/aromatic N) is 5. The molecule has 0 amide bonds. The number of aliphatic hydroxyl groups excluding tert-OH is 1. The van der Waals surface area contributed by atoms with Gasteiger partial charge in [0.05, 0.1) is 0 Å². The Balaban J connectivity index is 1.57. The Bertz CT molecular complexity index is 532. The van der Waals surface area contributed by atoms with Crippen LogP contribution in [0.25, 0.3) is 0 Å². The van der Waals surface area contributed by atoms with Crippen LogP contribution in [-0.2, 0) is 0 Å². The van der Waals surface area contributed by atoms with Gasteiger partial charge in [-0.25, -0.2) is 9.97 Å². The summed E-state index contributed by atoms with van der Waals surface area (Å²) in [5, 5.41) is 9.00. The van der Waals surface area contributed by atoms with Gasteiger partial charge < -0.3 is 19.8 Å². The average molecular weight is 348 g/mol. The van der Waals surface area contributed by atoms with Gasteiger partial charge in [0.1, 0.15) is 18.0 Å². The first-order valence-corrected chi connectivity index (χ1v) is 9.80. The van der Waals surface area contributed by atoms with E-state index in [2.05, 4.69) is 44.7 Å². The fourth-order valence-corrected chi connectivity index (χ4v) is 4.12. The third-order valence-corrected chi connectivity index (χ3v) is 5.70. The SMILES string of the molecule is CC1CCCN(c2cc(N3CCC(N(C)CCCO)CC3)ncn2)C1. The Kier molecular flexibility index (Phi) is 6.48. The van der Waals surface area contributed by atoms with E-state index in [9.17, 15) is 0 Å². The van der Waals surface area contributed by atoms with Gasteiger partial charge in [0, 0.05) is 51.4 Å². The lowest BCUT2D eigenvalue weighted by atomic mass is 10.0. The van der Waals surface area contributed by atoms with Crippen molar-refractivity contribution >= 4 is 11.6 Å². The molecule has 3 rings (SSSR count). The fourth-order valence-electron chi connectivity index (χ4n) is 4.12. The van der Waals surface area contributed by atoms with Gasteiger partial charge in [-0.2, -0.15) is 0 Å². The van der Waals surface area contributed by atoms with Crippen LogP contribution in [0.1, 0.15) is 39.0 Å². The molecule has 2 aliphatic heterocycles. The lowest BCUT2D eigenvalue weighted by Crippen LogP contribution is -2.44. The number of hydrogen-bond acceptors (Lipinski definition) is 6. The molecule has 2 fully saturated rings. The largest absolute Gasteiger partial charge is 0.396 e. The van der Waals surface area contributed by atoms with Gasteiger partial charge in [-0.05, 0) is 45.1 Å². The zero-order valence-electron chi connectivity index (χ0n) is 15.8. The number of rotatable bonds is 6. The molecule has 25 heavy (non-hydrogen) atoms. The molecule has 0 saturated carbocycles. The van der Waals surface area contributed by atoms with Gasteiger partial charge in [0.15, 0.2) is 0 Å². The highest BCUT2D eigenvalue weighted by atomic mass is 16.3. The number of piperidine rings is 2. The van der Waals surface area contributed by atoms with E-state index in [0.29, 0.717) is 6.04 Å². The molecule has 6 nitrogen and oxygen atoms in total. The van der Waals surface area contributed by atoms with E-state index in [4.69, 9.17) is 5.11 Å². The van der Waals surface area contributed by atoms with Crippen LogP contribution in [0.4, 0.5) is 11.6 Å². The molecule has 1 unspecified atom stereocenters. The molecule has 140 valence electrons. The van der Waals surface area contributed by atoms with Crippen LogP contribution in [0.5, 0.6) is 0 Å². The van der Waals surface area contributed by atoms with Gasteiger partial charge in [0.2, 0.25) is 0 Å². The van der Waals surface area contributed by atoms with E-state index >= 15 is 0 Å². The van der Waals surface area contributed by atoms with Crippen LogP contribution in [0, 0.1) is 5.92 Å². The minimum atomic E-state index is 0.280. The van der Waals surface area contributed by atoms with E-state index in [1.165, 1.54) is 12.8 Å². The number of aliphatic hydroxyl groups is 1. The van der Waals surface area contributed by atoms with Gasteiger partial charge in [0.25, 0.3) is 0 Å². The zero-order valence-corrected chi connectivity index (χ0v) is 15.8. The van der Waals surface area contributed by atoms with Crippen molar-refractivity contribution in [3.05, 3.63) is 12.4 Å². The van der Waals surface area contributed by atoms with Crippen LogP contribution in [0.3, 0.4) is 0 Å². The molecule has 0 radical (unpaired) electrons. The summed E-state index contributed by atoms with van der Waals surface area (Å²) in [4.78, 5) is 16.3. The van der Waals surface area contributed by atoms with Gasteiger partial charge in [-0.1, -0.05) is 6.92 Å². The summed E-state index contributed by atoms with van der Waals surface area (Å²) in [5.74, 6) is 2.90. The predicted octanol–water partition coefficient (Wildman–Crippen LogP) is 2.00. The van der Waals surface area contributed by atoms with Crippen molar-refractivity contribution in [3.63, 3.8) is 0 Å². The Morgan fingerprint density at radius 3 is 2.52 bits per heavy atom. The summed E-state index contributed by atoms with van der Waals surface area (Å²) in [6.07, 6.45) is 7.48. The Morgan fingerprint density at radius 1 is 1.12 bits per heavy atom. The third-order valence-electron chi connectivity index (χ3n) is 5.70. The van der Waals surface area contributed by atoms with E-state index < -0.39 is 0 Å². The molecule has 0 aromatic carbocycles. The summed E-state index contributed by atoms with van der Waals surface area (Å²) in [6, 6.07) is 2.79. The summed E-state index contributed by atoms with van der Waals surface area (Å²) < 4.78 is 0. The second-order valence-electron chi connectivity index (χ2n) is 7.70. The average Bonchev–Trinajstić information content (AvgIpc) is 2.66. The highest BCUT2D eigenvalue weighted by molar-refractivity contribution is 5.50. The molecular formula is C19H33N5O. The Hall–Kier alpha value is -1.40. The van der Waals surface area contributed by atoms with Crippen molar-refractivity contribution in [2.75, 3.05) is 56.2 Å². The molecule has 1 aromatic rings. The summed E-state index contributed by atoms with van der Waals surface area (Å²) >= 11 is 0. The molecular weight excluding hydrogens is 314 g/mol. The highest BCUT2D eigenvalue weighted by Crippen LogP contribution is 2.25. The van der Waals surface area contributed by atoms with Gasteiger partial charge in [-0.3, -0.25) is 0 Å². The minimum absolute atomic E-state index is 0.280. The van der Waals surface area contributed by atoms with Gasteiger partial charge >= 0.3 is 0 Å². The Morgan fingerprint density at radius 2 is 1.84 bits per heavy atom. The maximum absolute atomic E-state index is 9.00. The standard InChI is InChI=1S/C19H33N5O/c1-16-5-3-9-24(14-16)19-13-18(20-15-21-19)23-10-6-17(7-11-23)22(2)8-4-12-25/h13,15-17,25H,3-12,14H2,1-2H3. The lowest BCUT2D eigenvalue weighted by molar-refractivity contribution is 0.184. The third kappa shape index (κ3) is 4.82. The van der Waals surface area contributed by atoms with Crippen molar-refractivity contribution in [2.24, 2.45) is 5.92 Å². The lowest BCUT2D eigenvalue weighted by Gasteiger charge is -2.37. The first-order chi connectivity index (χ1) is 12.2. The molecule has 2 aliphatic rings. The summed E-state index contributed by atoms with van der Waals surface area (Å²) in [7, 11) is 2.18. The smallest absolute Gasteiger partial charge is 0.134 e. The van der Waals surface area contributed by atoms with Crippen LogP contribution >= 0.6 is 0 Å². The van der Waals surface area contributed by atoms with Gasteiger partial charge in [-0.15, -0.1) is 0 Å². The van der Waals surface area contributed by atoms with Crippen molar-refractivity contribution in [1.29, 1.82) is 0 Å². The number of anilines is 2. The van der Waals surface area contributed by atoms with Crippen LogP contribution < -0.4 is 9.80 Å². The second kappa shape index (κ2) is 8.81. The van der Waals surface area contributed by atoms with Crippen molar-refractivity contribution in [1.82, 2.24) is 14.9 Å². The number of aromatic nitrogens is 2. The van der Waals surface area contributed by atoms with Crippen LogP contribution in [-0.4, -0.2) is 72.4 Å². The topological polar surface area (TPSA) is 55.7 Å². The number of hydrogen-bond donors (Lipinski definition) is 1. The highest BCUT2D eigenvalue weighted by Gasteiger charge is 2.24. The zero-order chi connectivity index (χ0) is 17.6. The maximum atomic E-state index is 9.00. The Labute approximate surface area is 151 Å². The molecule has 0 aliphatic carbocycles. The van der Waals surface area contributed by atoms with E-state index in [1.54, 1.807) is 6.33 Å². The monoisotopic (exact) mass is 347 g/mol. The van der Waals surface area contributed by atoms with Crippen molar-refractivity contribution in [2.45, 2.75) is 45.1 Å². The first-order valence-electron chi connectivity index (χ1n) is 9.80. The van der Waals surface area contributed by atoms with E-state index in [1.807, 2.05) is 0 Å². The molecule has 6 heteroatoms. The summed E-state index contributed by atoms with van der Waals surface area (Å²) in [5.41, 5.74) is 0. The quantitative estimate of drug-likeness (QED) is 0.849. The molecule has 1 aromatic heterocycles. The molecule has 1 N–H and O–H groups in total. The predicted molar refractivity (Wildman–Crippen MR) is 102 cm³/mol. The molecule has 2 saturated heterocycles.